The van der Waals surface area contributed by atoms with E-state index in [2.05, 4.69) is 5.32 Å². The number of nitrogens with one attached hydrogen (secondary N) is 1. The number of nitrogens with zero attached hydrogens (tertiary/aromatic N) is 2. The molecule has 0 fully saturated rings. The molecule has 0 aromatic heterocycles. The summed E-state index contributed by atoms with van der Waals surface area (Å²) in [4.78, 5) is 29.9. The fourth-order valence-electron chi connectivity index (χ4n) is 5.07. The van der Waals surface area contributed by atoms with Gasteiger partial charge in [-0.25, -0.2) is 8.42 Å². The zero-order chi connectivity index (χ0) is 33.1. The first-order valence-corrected chi connectivity index (χ1v) is 17.0. The molecule has 2 amide bonds. The van der Waals surface area contributed by atoms with Crippen molar-refractivity contribution in [3.8, 4) is 5.75 Å². The number of carbonyl (C=O) groups is 2. The van der Waals surface area contributed by atoms with Crippen LogP contribution in [0.4, 0.5) is 5.69 Å². The molecule has 0 aliphatic rings. The van der Waals surface area contributed by atoms with Gasteiger partial charge in [0.15, 0.2) is 0 Å². The molecule has 0 heterocycles. The molecule has 8 nitrogen and oxygen atoms in total. The largest absolute Gasteiger partial charge is 0.497 e. The van der Waals surface area contributed by atoms with Gasteiger partial charge >= 0.3 is 0 Å². The minimum Gasteiger partial charge on any atom is -0.497 e. The van der Waals surface area contributed by atoms with Crippen molar-refractivity contribution in [2.24, 2.45) is 0 Å². The van der Waals surface area contributed by atoms with Crippen molar-refractivity contribution < 1.29 is 22.7 Å². The number of unbranched alkanes of at least 4 members (excludes halogenated alkanes) is 1. The van der Waals surface area contributed by atoms with Crippen LogP contribution in [0.25, 0.3) is 0 Å². The molecular formula is C37H43N3O5S. The average molecular weight is 642 g/mol. The quantitative estimate of drug-likeness (QED) is 0.159. The summed E-state index contributed by atoms with van der Waals surface area (Å²) in [6, 6.07) is 29.5. The number of rotatable bonds is 15. The van der Waals surface area contributed by atoms with Gasteiger partial charge in [-0.05, 0) is 67.8 Å². The summed E-state index contributed by atoms with van der Waals surface area (Å²) in [5.41, 5.74) is 4.00. The van der Waals surface area contributed by atoms with Crippen LogP contribution in [0.3, 0.4) is 0 Å². The van der Waals surface area contributed by atoms with Gasteiger partial charge in [0, 0.05) is 19.5 Å². The average Bonchev–Trinajstić information content (AvgIpc) is 3.06. The number of hydrogen-bond acceptors (Lipinski definition) is 5. The van der Waals surface area contributed by atoms with Crippen molar-refractivity contribution in [1.82, 2.24) is 10.2 Å². The molecule has 0 bridgehead atoms. The number of aryl methyl sites for hydroxylation is 2. The predicted octanol–water partition coefficient (Wildman–Crippen LogP) is 6.06. The number of amides is 2. The second-order valence-corrected chi connectivity index (χ2v) is 13.2. The minimum absolute atomic E-state index is 0.0601. The Bertz CT molecular complexity index is 1670. The third kappa shape index (κ3) is 8.97. The molecule has 0 saturated heterocycles. The zero-order valence-corrected chi connectivity index (χ0v) is 27.8. The molecule has 0 spiro atoms. The molecular weight excluding hydrogens is 598 g/mol. The summed E-state index contributed by atoms with van der Waals surface area (Å²) in [6.45, 7) is 5.99. The van der Waals surface area contributed by atoms with E-state index in [-0.39, 0.29) is 23.8 Å². The van der Waals surface area contributed by atoms with Crippen molar-refractivity contribution in [3.63, 3.8) is 0 Å². The number of carbonyl (C=O) groups excluding carboxylic acids is 2. The summed E-state index contributed by atoms with van der Waals surface area (Å²) in [5.74, 6) is -0.232. The van der Waals surface area contributed by atoms with Crippen molar-refractivity contribution in [1.29, 1.82) is 0 Å². The number of sulfonamides is 1. The SMILES string of the molecule is CCCCNC(=O)[C@H](Cc1ccccc1)N(Cc1ccc(C)cc1)C(=O)CN(c1ccc(OC)cc1)S(=O)(=O)c1ccc(C)cc1. The maximum atomic E-state index is 14.5. The van der Waals surface area contributed by atoms with Gasteiger partial charge in [-0.2, -0.15) is 0 Å². The number of ether oxygens (including phenoxy) is 1. The van der Waals surface area contributed by atoms with Gasteiger partial charge in [0.05, 0.1) is 17.7 Å². The predicted molar refractivity (Wildman–Crippen MR) is 182 cm³/mol. The van der Waals surface area contributed by atoms with Crippen LogP contribution in [0.1, 0.15) is 42.0 Å². The molecule has 0 unspecified atom stereocenters. The van der Waals surface area contributed by atoms with Gasteiger partial charge in [0.1, 0.15) is 18.3 Å². The van der Waals surface area contributed by atoms with Gasteiger partial charge in [-0.3, -0.25) is 13.9 Å². The van der Waals surface area contributed by atoms with Gasteiger partial charge in [0.2, 0.25) is 11.8 Å². The summed E-state index contributed by atoms with van der Waals surface area (Å²) >= 11 is 0. The Morgan fingerprint density at radius 1 is 0.804 bits per heavy atom. The first-order valence-electron chi connectivity index (χ1n) is 15.5. The molecule has 242 valence electrons. The van der Waals surface area contributed by atoms with Crippen LogP contribution in [0.2, 0.25) is 0 Å². The van der Waals surface area contributed by atoms with Crippen LogP contribution in [0.5, 0.6) is 5.75 Å². The molecule has 0 aliphatic heterocycles. The number of methoxy groups -OCH3 is 1. The smallest absolute Gasteiger partial charge is 0.264 e. The standard InChI is InChI=1S/C37H43N3O5S/c1-5-6-24-38-37(42)35(25-30-10-8-7-9-11-30)39(26-31-16-12-28(2)13-17-31)36(41)27-40(32-18-20-33(45-4)21-19-32)46(43,44)34-22-14-29(3)15-23-34/h7-23,35H,5-6,24-27H2,1-4H3,(H,38,42)/t35-/m0/s1. The normalized spacial score (nSPS) is 11.8. The summed E-state index contributed by atoms with van der Waals surface area (Å²) in [5, 5.41) is 3.01. The van der Waals surface area contributed by atoms with Crippen LogP contribution in [-0.2, 0) is 32.6 Å². The minimum atomic E-state index is -4.18. The highest BCUT2D eigenvalue weighted by Crippen LogP contribution is 2.27. The molecule has 0 aliphatic carbocycles. The first kappa shape index (κ1) is 34.2. The number of hydrogen-bond donors (Lipinski definition) is 1. The summed E-state index contributed by atoms with van der Waals surface area (Å²) in [7, 11) is -2.65. The van der Waals surface area contributed by atoms with Crippen LogP contribution in [0, 0.1) is 13.8 Å². The van der Waals surface area contributed by atoms with Crippen LogP contribution >= 0.6 is 0 Å². The molecule has 1 atom stereocenters. The van der Waals surface area contributed by atoms with Gasteiger partial charge in [-0.15, -0.1) is 0 Å². The lowest BCUT2D eigenvalue weighted by Crippen LogP contribution is -2.53. The third-order valence-corrected chi connectivity index (χ3v) is 9.61. The Kier molecular flexibility index (Phi) is 12.0. The summed E-state index contributed by atoms with van der Waals surface area (Å²) < 4.78 is 34.7. The van der Waals surface area contributed by atoms with E-state index >= 15 is 0 Å². The van der Waals surface area contributed by atoms with E-state index in [4.69, 9.17) is 4.74 Å². The number of anilines is 1. The fourth-order valence-corrected chi connectivity index (χ4v) is 6.48. The van der Waals surface area contributed by atoms with Crippen LogP contribution in [0.15, 0.2) is 108 Å². The van der Waals surface area contributed by atoms with E-state index in [1.165, 1.54) is 24.1 Å². The van der Waals surface area contributed by atoms with Crippen molar-refractivity contribution in [2.75, 3.05) is 24.5 Å². The first-order chi connectivity index (χ1) is 22.1. The second-order valence-electron chi connectivity index (χ2n) is 11.4. The third-order valence-electron chi connectivity index (χ3n) is 7.82. The highest BCUT2D eigenvalue weighted by Gasteiger charge is 2.34. The topological polar surface area (TPSA) is 96.0 Å². The molecule has 1 N–H and O–H groups in total. The van der Waals surface area contributed by atoms with E-state index in [1.807, 2.05) is 75.4 Å². The van der Waals surface area contributed by atoms with Crippen molar-refractivity contribution in [3.05, 3.63) is 125 Å². The van der Waals surface area contributed by atoms with Crippen LogP contribution in [-0.4, -0.2) is 51.4 Å². The van der Waals surface area contributed by atoms with Crippen molar-refractivity contribution >= 4 is 27.5 Å². The van der Waals surface area contributed by atoms with E-state index < -0.39 is 28.5 Å². The Labute approximate surface area is 273 Å². The second kappa shape index (κ2) is 16.1. The van der Waals surface area contributed by atoms with E-state index in [1.54, 1.807) is 36.4 Å². The van der Waals surface area contributed by atoms with Gasteiger partial charge < -0.3 is 15.0 Å². The van der Waals surface area contributed by atoms with E-state index in [0.717, 1.165) is 39.4 Å². The summed E-state index contributed by atoms with van der Waals surface area (Å²) in [6.07, 6.45) is 1.97. The maximum Gasteiger partial charge on any atom is 0.264 e. The van der Waals surface area contributed by atoms with Crippen LogP contribution < -0.4 is 14.4 Å². The van der Waals surface area contributed by atoms with Crippen molar-refractivity contribution in [2.45, 2.75) is 57.5 Å². The molecule has 4 aromatic carbocycles. The maximum absolute atomic E-state index is 14.5. The van der Waals surface area contributed by atoms with E-state index in [9.17, 15) is 18.0 Å². The fraction of sp³-hybridized carbons (Fsp3) is 0.297. The zero-order valence-electron chi connectivity index (χ0n) is 27.0. The monoisotopic (exact) mass is 641 g/mol. The molecule has 46 heavy (non-hydrogen) atoms. The molecule has 9 heteroatoms. The number of benzene rings is 4. The lowest BCUT2D eigenvalue weighted by Gasteiger charge is -2.34. The molecule has 4 aromatic rings. The lowest BCUT2D eigenvalue weighted by atomic mass is 10.0. The lowest BCUT2D eigenvalue weighted by molar-refractivity contribution is -0.140. The van der Waals surface area contributed by atoms with E-state index in [0.29, 0.717) is 18.0 Å². The molecule has 0 radical (unpaired) electrons. The Hall–Kier alpha value is -4.63. The molecule has 0 saturated carbocycles. The highest BCUT2D eigenvalue weighted by molar-refractivity contribution is 7.92. The van der Waals surface area contributed by atoms with Gasteiger partial charge in [0.25, 0.3) is 10.0 Å². The Morgan fingerprint density at radius 3 is 2.00 bits per heavy atom. The highest BCUT2D eigenvalue weighted by atomic mass is 32.2. The Morgan fingerprint density at radius 2 is 1.41 bits per heavy atom. The van der Waals surface area contributed by atoms with Gasteiger partial charge in [-0.1, -0.05) is 91.2 Å². The Balaban J connectivity index is 1.78. The molecule has 4 rings (SSSR count).